The van der Waals surface area contributed by atoms with Gasteiger partial charge < -0.3 is 0 Å². The zero-order valence-corrected chi connectivity index (χ0v) is 16.8. The first-order valence-electron chi connectivity index (χ1n) is 9.13. The highest BCUT2D eigenvalue weighted by Crippen LogP contribution is 2.22. The number of nitrogens with zero attached hydrogens (tertiary/aromatic N) is 1. The summed E-state index contributed by atoms with van der Waals surface area (Å²) in [6.07, 6.45) is 9.26. The van der Waals surface area contributed by atoms with Crippen molar-refractivity contribution in [1.82, 2.24) is 4.98 Å². The van der Waals surface area contributed by atoms with Crippen LogP contribution in [0.25, 0.3) is 11.1 Å². The predicted molar refractivity (Wildman–Crippen MR) is 117 cm³/mol. The molecule has 0 saturated carbocycles. The lowest BCUT2D eigenvalue weighted by atomic mass is 10.0. The molecule has 0 spiro atoms. The first kappa shape index (κ1) is 21.4. The fourth-order valence-corrected chi connectivity index (χ4v) is 2.26. The maximum atomic E-state index is 4.69. The van der Waals surface area contributed by atoms with Crippen LogP contribution in [0.2, 0.25) is 0 Å². The molecule has 0 aliphatic carbocycles. The third-order valence-corrected chi connectivity index (χ3v) is 3.96. The van der Waals surface area contributed by atoms with Gasteiger partial charge in [0.05, 0.1) is 11.4 Å². The summed E-state index contributed by atoms with van der Waals surface area (Å²) in [5.41, 5.74) is 6.82. The van der Waals surface area contributed by atoms with E-state index in [4.69, 9.17) is 0 Å². The lowest BCUT2D eigenvalue weighted by molar-refractivity contribution is 1.09. The minimum Gasteiger partial charge on any atom is -0.248 e. The Bertz CT molecular complexity index is 777. The van der Waals surface area contributed by atoms with Crippen LogP contribution in [0, 0.1) is 6.92 Å². The Labute approximate surface area is 159 Å². The maximum Gasteiger partial charge on any atom is 0.0708 e. The molecule has 2 rings (SSSR count). The van der Waals surface area contributed by atoms with Crippen molar-refractivity contribution in [3.8, 4) is 0 Å². The first-order valence-corrected chi connectivity index (χ1v) is 9.13. The van der Waals surface area contributed by atoms with Gasteiger partial charge in [-0.25, -0.2) is 4.98 Å². The van der Waals surface area contributed by atoms with Crippen molar-refractivity contribution in [2.75, 3.05) is 0 Å². The summed E-state index contributed by atoms with van der Waals surface area (Å²) in [6.45, 7) is 14.4. The fourth-order valence-electron chi connectivity index (χ4n) is 2.26. The quantitative estimate of drug-likeness (QED) is 0.514. The highest BCUT2D eigenvalue weighted by molar-refractivity contribution is 5.75. The molecule has 0 N–H and O–H groups in total. The van der Waals surface area contributed by atoms with Crippen LogP contribution in [0.5, 0.6) is 0 Å². The molecule has 26 heavy (non-hydrogen) atoms. The summed E-state index contributed by atoms with van der Waals surface area (Å²) in [5.74, 6) is 0. The molecule has 0 amide bonds. The SMILES string of the molecule is C=C(C)c1cccc(C(/C=C\C=C/C)=C(C)CC)n1.Cc1ccccc1. The number of aryl methyl sites for hydroxylation is 1. The fraction of sp³-hybridized carbons (Fsp3) is 0.240. The summed E-state index contributed by atoms with van der Waals surface area (Å²) in [6, 6.07) is 16.4. The van der Waals surface area contributed by atoms with Crippen LogP contribution >= 0.6 is 0 Å². The molecule has 1 heterocycles. The van der Waals surface area contributed by atoms with Gasteiger partial charge in [-0.3, -0.25) is 0 Å². The number of rotatable bonds is 5. The van der Waals surface area contributed by atoms with Crippen molar-refractivity contribution in [2.24, 2.45) is 0 Å². The van der Waals surface area contributed by atoms with Crippen LogP contribution in [-0.2, 0) is 0 Å². The van der Waals surface area contributed by atoms with E-state index in [2.05, 4.69) is 62.7 Å². The number of allylic oxidation sites excluding steroid dienone is 7. The van der Waals surface area contributed by atoms with Gasteiger partial charge in [-0.15, -0.1) is 0 Å². The monoisotopic (exact) mass is 345 g/mol. The summed E-state index contributed by atoms with van der Waals surface area (Å²) in [5, 5.41) is 0. The Morgan fingerprint density at radius 2 is 1.62 bits per heavy atom. The molecule has 2 aromatic rings. The van der Waals surface area contributed by atoms with Crippen molar-refractivity contribution in [2.45, 2.75) is 41.0 Å². The van der Waals surface area contributed by atoms with E-state index in [1.165, 1.54) is 16.7 Å². The Morgan fingerprint density at radius 3 is 2.12 bits per heavy atom. The molecule has 1 aromatic carbocycles. The zero-order valence-electron chi connectivity index (χ0n) is 16.8. The predicted octanol–water partition coefficient (Wildman–Crippen LogP) is 7.43. The van der Waals surface area contributed by atoms with Gasteiger partial charge in [-0.05, 0) is 57.4 Å². The summed E-state index contributed by atoms with van der Waals surface area (Å²) in [7, 11) is 0. The molecule has 0 radical (unpaired) electrons. The summed E-state index contributed by atoms with van der Waals surface area (Å²) < 4.78 is 0. The minimum absolute atomic E-state index is 0.957. The number of benzene rings is 1. The summed E-state index contributed by atoms with van der Waals surface area (Å²) >= 11 is 0. The Morgan fingerprint density at radius 1 is 0.962 bits per heavy atom. The van der Waals surface area contributed by atoms with Gasteiger partial charge in [-0.2, -0.15) is 0 Å². The van der Waals surface area contributed by atoms with Gasteiger partial charge in [0, 0.05) is 0 Å². The molecule has 136 valence electrons. The van der Waals surface area contributed by atoms with Crippen molar-refractivity contribution in [3.05, 3.63) is 102 Å². The minimum atomic E-state index is 0.957. The molecule has 0 aliphatic rings. The highest BCUT2D eigenvalue weighted by atomic mass is 14.7. The van der Waals surface area contributed by atoms with E-state index in [1.54, 1.807) is 0 Å². The lowest BCUT2D eigenvalue weighted by Crippen LogP contribution is -1.94. The largest absolute Gasteiger partial charge is 0.248 e. The molecular formula is C25H31N. The molecule has 0 fully saturated rings. The molecular weight excluding hydrogens is 314 g/mol. The number of pyridine rings is 1. The zero-order chi connectivity index (χ0) is 19.4. The van der Waals surface area contributed by atoms with E-state index in [1.807, 2.05) is 56.3 Å². The molecule has 1 nitrogen and oxygen atoms in total. The van der Waals surface area contributed by atoms with Crippen LogP contribution in [0.3, 0.4) is 0 Å². The van der Waals surface area contributed by atoms with Gasteiger partial charge in [0.25, 0.3) is 0 Å². The van der Waals surface area contributed by atoms with E-state index in [0.29, 0.717) is 0 Å². The Balaban J connectivity index is 0.000000401. The highest BCUT2D eigenvalue weighted by Gasteiger charge is 2.05. The number of aromatic nitrogens is 1. The Kier molecular flexibility index (Phi) is 9.71. The number of hydrogen-bond donors (Lipinski definition) is 0. The maximum absolute atomic E-state index is 4.69. The standard InChI is InChI=1S/C18H23N.C7H8/c1-6-8-9-11-16(15(5)7-2)18-13-10-12-17(19-18)14(3)4;1-7-5-3-2-4-6-7/h6,8-13H,3,7H2,1-2,4-5H3;2-6H,1H3/b8-6-,11-9-,16-15?;. The third-order valence-electron chi connectivity index (χ3n) is 3.96. The van der Waals surface area contributed by atoms with E-state index in [0.717, 1.165) is 23.4 Å². The van der Waals surface area contributed by atoms with E-state index in [9.17, 15) is 0 Å². The smallest absolute Gasteiger partial charge is 0.0708 e. The van der Waals surface area contributed by atoms with Crippen molar-refractivity contribution in [3.63, 3.8) is 0 Å². The van der Waals surface area contributed by atoms with Crippen LogP contribution in [-0.4, -0.2) is 4.98 Å². The van der Waals surface area contributed by atoms with Gasteiger partial charge >= 0.3 is 0 Å². The van der Waals surface area contributed by atoms with Crippen molar-refractivity contribution >= 4 is 11.1 Å². The topological polar surface area (TPSA) is 12.9 Å². The van der Waals surface area contributed by atoms with Gasteiger partial charge in [0.1, 0.15) is 0 Å². The van der Waals surface area contributed by atoms with Crippen LogP contribution in [0.4, 0.5) is 0 Å². The average Bonchev–Trinajstić information content (AvgIpc) is 2.66. The van der Waals surface area contributed by atoms with E-state index >= 15 is 0 Å². The van der Waals surface area contributed by atoms with Gasteiger partial charge in [0.2, 0.25) is 0 Å². The molecule has 0 saturated heterocycles. The van der Waals surface area contributed by atoms with Crippen LogP contribution < -0.4 is 0 Å². The second-order valence-electron chi connectivity index (χ2n) is 6.28. The third kappa shape index (κ3) is 7.48. The van der Waals surface area contributed by atoms with Gasteiger partial charge in [0.15, 0.2) is 0 Å². The van der Waals surface area contributed by atoms with Crippen LogP contribution in [0.1, 0.15) is 51.1 Å². The Hall–Kier alpha value is -2.67. The van der Waals surface area contributed by atoms with Gasteiger partial charge in [-0.1, -0.05) is 85.3 Å². The normalized spacial score (nSPS) is 11.9. The summed E-state index contributed by atoms with van der Waals surface area (Å²) in [4.78, 5) is 4.69. The second-order valence-corrected chi connectivity index (χ2v) is 6.28. The van der Waals surface area contributed by atoms with Crippen molar-refractivity contribution in [1.29, 1.82) is 0 Å². The van der Waals surface area contributed by atoms with Crippen LogP contribution in [0.15, 0.2) is 85.0 Å². The first-order chi connectivity index (χ1) is 12.5. The molecule has 0 bridgehead atoms. The molecule has 1 aromatic heterocycles. The molecule has 0 atom stereocenters. The van der Waals surface area contributed by atoms with E-state index < -0.39 is 0 Å². The molecule has 0 unspecified atom stereocenters. The van der Waals surface area contributed by atoms with Crippen molar-refractivity contribution < 1.29 is 0 Å². The lowest BCUT2D eigenvalue weighted by Gasteiger charge is -2.08. The second kappa shape index (κ2) is 11.8. The molecule has 0 aliphatic heterocycles. The number of hydrogen-bond acceptors (Lipinski definition) is 1. The molecule has 1 heteroatoms. The van der Waals surface area contributed by atoms with E-state index in [-0.39, 0.29) is 0 Å². The average molecular weight is 346 g/mol.